The molecule has 12 heavy (non-hydrogen) atoms. The van der Waals surface area contributed by atoms with Gasteiger partial charge in [-0.2, -0.15) is 0 Å². The highest BCUT2D eigenvalue weighted by atomic mass is 79.9. The Kier molecular flexibility index (Phi) is 3.30. The largest absolute Gasteiger partial charge is 0.338 e. The van der Waals surface area contributed by atoms with Crippen LogP contribution >= 0.6 is 15.9 Å². The number of carbonyl (C=O) groups is 2. The highest BCUT2D eigenvalue weighted by molar-refractivity contribution is 9.12. The number of hydrogen-bond donors (Lipinski definition) is 1. The van der Waals surface area contributed by atoms with E-state index in [9.17, 15) is 9.59 Å². The first kappa shape index (κ1) is 9.27. The minimum Gasteiger partial charge on any atom is -0.338 e. The van der Waals surface area contributed by atoms with Gasteiger partial charge in [0.1, 0.15) is 0 Å². The van der Waals surface area contributed by atoms with Gasteiger partial charge in [-0.15, -0.1) is 0 Å². The number of ketones is 1. The second kappa shape index (κ2) is 4.27. The molecule has 0 radical (unpaired) electrons. The molecule has 0 saturated heterocycles. The maximum absolute atomic E-state index is 11.0. The summed E-state index contributed by atoms with van der Waals surface area (Å²) in [5.74, 6) is 2.12. The molecule has 1 amide bonds. The summed E-state index contributed by atoms with van der Waals surface area (Å²) in [4.78, 5) is 24.0. The molecule has 0 heterocycles. The normalized spacial score (nSPS) is 14.4. The molecule has 4 heteroatoms. The van der Waals surface area contributed by atoms with Crippen molar-refractivity contribution in [1.29, 1.82) is 0 Å². The Bertz CT molecular complexity index is 260. The van der Waals surface area contributed by atoms with Crippen molar-refractivity contribution in [3.63, 3.8) is 0 Å². The molecule has 0 atom stereocenters. The average Bonchev–Trinajstić information content (AvgIpc) is 2.83. The lowest BCUT2D eigenvalue weighted by molar-refractivity contribution is -0.123. The molecule has 1 aliphatic carbocycles. The van der Waals surface area contributed by atoms with Gasteiger partial charge < -0.3 is 5.32 Å². The quantitative estimate of drug-likeness (QED) is 0.715. The van der Waals surface area contributed by atoms with E-state index in [1.54, 1.807) is 0 Å². The topological polar surface area (TPSA) is 46.2 Å². The highest BCUT2D eigenvalue weighted by Gasteiger charge is 2.28. The van der Waals surface area contributed by atoms with E-state index in [-0.39, 0.29) is 18.2 Å². The molecule has 3 nitrogen and oxygen atoms in total. The van der Waals surface area contributed by atoms with Gasteiger partial charge in [0.05, 0.1) is 6.54 Å². The molecule has 0 spiro atoms. The molecule has 1 aliphatic rings. The van der Waals surface area contributed by atoms with Crippen LogP contribution in [0.5, 0.6) is 0 Å². The fraction of sp³-hybridized carbons (Fsp3) is 0.500. The molecule has 0 aliphatic heterocycles. The van der Waals surface area contributed by atoms with Gasteiger partial charge in [0.25, 0.3) is 5.91 Å². The van der Waals surface area contributed by atoms with Crippen molar-refractivity contribution in [1.82, 2.24) is 5.32 Å². The van der Waals surface area contributed by atoms with Crippen molar-refractivity contribution in [2.45, 2.75) is 12.8 Å². The fourth-order valence-corrected chi connectivity index (χ4v) is 0.984. The smallest absolute Gasteiger partial charge is 0.297 e. The second-order valence-corrected chi connectivity index (χ2v) is 3.04. The molecule has 0 aromatic rings. The summed E-state index contributed by atoms with van der Waals surface area (Å²) in [5.41, 5.74) is 0. The van der Waals surface area contributed by atoms with E-state index in [0.29, 0.717) is 0 Å². The van der Waals surface area contributed by atoms with Gasteiger partial charge in [0, 0.05) is 27.8 Å². The Hall–Kier alpha value is -0.820. The van der Waals surface area contributed by atoms with Gasteiger partial charge in [0.2, 0.25) is 0 Å². The summed E-state index contributed by atoms with van der Waals surface area (Å²) in [6.07, 6.45) is 1.94. The van der Waals surface area contributed by atoms with E-state index in [0.717, 1.165) is 12.8 Å². The molecular formula is C8H8BrNO2. The third-order valence-electron chi connectivity index (χ3n) is 1.62. The Morgan fingerprint density at radius 1 is 1.50 bits per heavy atom. The van der Waals surface area contributed by atoms with Gasteiger partial charge in [-0.1, -0.05) is 0 Å². The lowest BCUT2D eigenvalue weighted by atomic mass is 10.2. The predicted octanol–water partition coefficient (Wildman–Crippen LogP) is 0.438. The molecule has 1 N–H and O–H groups in total. The molecule has 0 unspecified atom stereocenters. The van der Waals surface area contributed by atoms with Gasteiger partial charge in [0.15, 0.2) is 5.78 Å². The van der Waals surface area contributed by atoms with Gasteiger partial charge in [-0.25, -0.2) is 0 Å². The van der Waals surface area contributed by atoms with E-state index in [1.807, 2.05) is 0 Å². The zero-order valence-corrected chi connectivity index (χ0v) is 7.98. The maximum atomic E-state index is 11.0. The van der Waals surface area contributed by atoms with E-state index in [4.69, 9.17) is 0 Å². The number of amides is 1. The Morgan fingerprint density at radius 3 is 2.67 bits per heavy atom. The monoisotopic (exact) mass is 229 g/mol. The van der Waals surface area contributed by atoms with Gasteiger partial charge >= 0.3 is 0 Å². The summed E-state index contributed by atoms with van der Waals surface area (Å²) in [6.45, 7) is 0.116. The standard InChI is InChI=1S/C8H8BrNO2/c9-4-3-8(12)10-5-7(11)6-1-2-6/h6H,1-2,5H2,(H,10,12). The third-order valence-corrected chi connectivity index (χ3v) is 1.81. The van der Waals surface area contributed by atoms with Crippen molar-refractivity contribution < 1.29 is 9.59 Å². The lowest BCUT2D eigenvalue weighted by Crippen LogP contribution is -2.28. The number of Topliss-reactive ketones (excluding diaryl/α,β-unsaturated/α-hetero) is 1. The fourth-order valence-electron chi connectivity index (χ4n) is 0.804. The Balaban J connectivity index is 2.18. The number of rotatable bonds is 3. The van der Waals surface area contributed by atoms with Crippen LogP contribution in [0.4, 0.5) is 0 Å². The molecule has 64 valence electrons. The summed E-state index contributed by atoms with van der Waals surface area (Å²) in [6, 6.07) is 0. The Labute approximate surface area is 79.0 Å². The van der Waals surface area contributed by atoms with Gasteiger partial charge in [-0.3, -0.25) is 9.59 Å². The molecular weight excluding hydrogens is 222 g/mol. The van der Waals surface area contributed by atoms with Crippen LogP contribution in [0.1, 0.15) is 12.8 Å². The lowest BCUT2D eigenvalue weighted by Gasteiger charge is -1.97. The minimum absolute atomic E-state index is 0.111. The number of halogens is 1. The van der Waals surface area contributed by atoms with Crippen LogP contribution < -0.4 is 5.32 Å². The SMILES string of the molecule is O=C(C#CBr)NCC(=O)C1CC1. The van der Waals surface area contributed by atoms with Crippen LogP contribution in [0, 0.1) is 16.7 Å². The molecule has 0 bridgehead atoms. The zero-order chi connectivity index (χ0) is 8.97. The summed E-state index contributed by atoms with van der Waals surface area (Å²) in [5, 5.41) is 2.41. The van der Waals surface area contributed by atoms with E-state index < -0.39 is 5.91 Å². The third kappa shape index (κ3) is 3.05. The zero-order valence-electron chi connectivity index (χ0n) is 6.39. The minimum atomic E-state index is -0.416. The van der Waals surface area contributed by atoms with Crippen molar-refractivity contribution in [2.75, 3.05) is 6.54 Å². The molecule has 1 saturated carbocycles. The number of nitrogens with one attached hydrogen (secondary N) is 1. The van der Waals surface area contributed by atoms with Crippen molar-refractivity contribution in [3.05, 3.63) is 0 Å². The van der Waals surface area contributed by atoms with Crippen LogP contribution in [0.15, 0.2) is 0 Å². The average molecular weight is 230 g/mol. The van der Waals surface area contributed by atoms with Crippen molar-refractivity contribution >= 4 is 27.6 Å². The first-order valence-electron chi connectivity index (χ1n) is 3.66. The van der Waals surface area contributed by atoms with Crippen molar-refractivity contribution in [2.24, 2.45) is 5.92 Å². The summed E-state index contributed by atoms with van der Waals surface area (Å²) >= 11 is 2.79. The highest BCUT2D eigenvalue weighted by Crippen LogP contribution is 2.29. The molecule has 0 aromatic heterocycles. The summed E-state index contributed by atoms with van der Waals surface area (Å²) in [7, 11) is 0. The first-order valence-corrected chi connectivity index (χ1v) is 4.45. The summed E-state index contributed by atoms with van der Waals surface area (Å²) < 4.78 is 0. The van der Waals surface area contributed by atoms with Gasteiger partial charge in [-0.05, 0) is 17.7 Å². The first-order chi connectivity index (χ1) is 5.74. The number of hydrogen-bond acceptors (Lipinski definition) is 2. The van der Waals surface area contributed by atoms with Crippen LogP contribution in [-0.2, 0) is 9.59 Å². The van der Waals surface area contributed by atoms with Crippen LogP contribution in [0.3, 0.4) is 0 Å². The maximum Gasteiger partial charge on any atom is 0.297 e. The molecule has 1 fully saturated rings. The van der Waals surface area contributed by atoms with Crippen molar-refractivity contribution in [3.8, 4) is 10.8 Å². The predicted molar refractivity (Wildman–Crippen MR) is 47.4 cm³/mol. The number of carbonyl (C=O) groups excluding carboxylic acids is 2. The van der Waals surface area contributed by atoms with Crippen LogP contribution in [0.25, 0.3) is 0 Å². The molecule has 0 aromatic carbocycles. The van der Waals surface area contributed by atoms with E-state index in [2.05, 4.69) is 32.0 Å². The van der Waals surface area contributed by atoms with Crippen LogP contribution in [0.2, 0.25) is 0 Å². The van der Waals surface area contributed by atoms with E-state index in [1.165, 1.54) is 0 Å². The Morgan fingerprint density at radius 2 is 2.17 bits per heavy atom. The van der Waals surface area contributed by atoms with E-state index >= 15 is 0 Å². The second-order valence-electron chi connectivity index (χ2n) is 2.64. The molecule has 1 rings (SSSR count). The van der Waals surface area contributed by atoms with Crippen LogP contribution in [-0.4, -0.2) is 18.2 Å².